The quantitative estimate of drug-likeness (QED) is 0.320. The fourth-order valence-electron chi connectivity index (χ4n) is 4.57. The minimum Gasteiger partial charge on any atom is -0.354 e. The number of nitrogens with zero attached hydrogens (tertiary/aromatic N) is 2. The highest BCUT2D eigenvalue weighted by Gasteiger charge is 2.34. The molecule has 0 spiro atoms. The molecular formula is C32H41N3O4S. The summed E-state index contributed by atoms with van der Waals surface area (Å²) in [5, 5.41) is 2.96. The third-order valence-corrected chi connectivity index (χ3v) is 8.52. The molecule has 40 heavy (non-hydrogen) atoms. The van der Waals surface area contributed by atoms with Gasteiger partial charge < -0.3 is 10.2 Å². The minimum atomic E-state index is -4.09. The van der Waals surface area contributed by atoms with Gasteiger partial charge in [0.05, 0.1) is 10.6 Å². The first-order chi connectivity index (χ1) is 18.9. The number of carbonyl (C=O) groups excluding carboxylic acids is 2. The highest BCUT2D eigenvalue weighted by atomic mass is 32.2. The normalized spacial score (nSPS) is 12.2. The Bertz CT molecular complexity index is 1420. The Morgan fingerprint density at radius 1 is 0.875 bits per heavy atom. The molecular weight excluding hydrogens is 522 g/mol. The van der Waals surface area contributed by atoms with Crippen LogP contribution < -0.4 is 9.62 Å². The molecule has 0 saturated carbocycles. The fourth-order valence-corrected chi connectivity index (χ4v) is 6.06. The number of rotatable bonds is 12. The molecule has 0 heterocycles. The van der Waals surface area contributed by atoms with Gasteiger partial charge >= 0.3 is 0 Å². The van der Waals surface area contributed by atoms with Crippen LogP contribution in [0, 0.1) is 26.7 Å². The van der Waals surface area contributed by atoms with E-state index in [9.17, 15) is 18.0 Å². The number of carbonyl (C=O) groups is 2. The summed E-state index contributed by atoms with van der Waals surface area (Å²) in [5.41, 5.74) is 3.94. The van der Waals surface area contributed by atoms with E-state index in [1.165, 1.54) is 21.3 Å². The Morgan fingerprint density at radius 3 is 2.17 bits per heavy atom. The number of hydrogen-bond donors (Lipinski definition) is 1. The van der Waals surface area contributed by atoms with Crippen molar-refractivity contribution in [2.75, 3.05) is 17.4 Å². The summed E-state index contributed by atoms with van der Waals surface area (Å²) in [4.78, 5) is 29.1. The van der Waals surface area contributed by atoms with Crippen molar-refractivity contribution in [1.82, 2.24) is 10.2 Å². The molecule has 0 bridgehead atoms. The summed E-state index contributed by atoms with van der Waals surface area (Å²) in [6.07, 6.45) is 0.385. The summed E-state index contributed by atoms with van der Waals surface area (Å²) in [6.45, 7) is 11.8. The predicted molar refractivity (Wildman–Crippen MR) is 161 cm³/mol. The topological polar surface area (TPSA) is 86.8 Å². The van der Waals surface area contributed by atoms with Gasteiger partial charge in [-0.3, -0.25) is 13.9 Å². The standard InChI is InChI=1S/C32H41N3O4S/c1-7-29(32(37)33-20-23(2)3)34(21-27-13-11-12-24(4)18-27)31(36)22-35(30-19-25(5)16-17-26(30)6)40(38,39)28-14-9-8-10-15-28/h8-19,23,29H,7,20-22H2,1-6H3,(H,33,37). The Balaban J connectivity index is 2.08. The number of sulfonamides is 1. The lowest BCUT2D eigenvalue weighted by Crippen LogP contribution is -2.52. The van der Waals surface area contributed by atoms with E-state index in [1.807, 2.05) is 77.9 Å². The molecule has 0 saturated heterocycles. The van der Waals surface area contributed by atoms with Crippen molar-refractivity contribution in [2.24, 2.45) is 5.92 Å². The maximum atomic E-state index is 14.2. The van der Waals surface area contributed by atoms with Gasteiger partial charge in [-0.1, -0.05) is 80.9 Å². The van der Waals surface area contributed by atoms with Gasteiger partial charge in [0.1, 0.15) is 12.6 Å². The number of hydrogen-bond acceptors (Lipinski definition) is 4. The number of anilines is 1. The zero-order valence-electron chi connectivity index (χ0n) is 24.3. The smallest absolute Gasteiger partial charge is 0.264 e. The van der Waals surface area contributed by atoms with Crippen LogP contribution in [-0.4, -0.2) is 44.3 Å². The number of benzene rings is 3. The van der Waals surface area contributed by atoms with Crippen LogP contribution in [0.4, 0.5) is 5.69 Å². The van der Waals surface area contributed by atoms with Crippen LogP contribution in [0.3, 0.4) is 0 Å². The van der Waals surface area contributed by atoms with E-state index in [1.54, 1.807) is 24.3 Å². The van der Waals surface area contributed by atoms with Crippen LogP contribution in [0.5, 0.6) is 0 Å². The average molecular weight is 564 g/mol. The van der Waals surface area contributed by atoms with Crippen molar-refractivity contribution in [1.29, 1.82) is 0 Å². The van der Waals surface area contributed by atoms with E-state index >= 15 is 0 Å². The fraction of sp³-hybridized carbons (Fsp3) is 0.375. The molecule has 1 atom stereocenters. The molecule has 1 N–H and O–H groups in total. The van der Waals surface area contributed by atoms with Gasteiger partial charge in [-0.2, -0.15) is 0 Å². The van der Waals surface area contributed by atoms with Gasteiger partial charge in [0.15, 0.2) is 0 Å². The van der Waals surface area contributed by atoms with E-state index in [-0.39, 0.29) is 23.3 Å². The lowest BCUT2D eigenvalue weighted by Gasteiger charge is -2.34. The molecule has 2 amide bonds. The minimum absolute atomic E-state index is 0.0932. The SMILES string of the molecule is CCC(C(=O)NCC(C)C)N(Cc1cccc(C)c1)C(=O)CN(c1cc(C)ccc1C)S(=O)(=O)c1ccccc1. The van der Waals surface area contributed by atoms with Crippen LogP contribution in [0.15, 0.2) is 77.7 Å². The van der Waals surface area contributed by atoms with E-state index < -0.39 is 28.5 Å². The van der Waals surface area contributed by atoms with Gasteiger partial charge in [-0.25, -0.2) is 8.42 Å². The Kier molecular flexibility index (Phi) is 10.5. The molecule has 0 aliphatic rings. The summed E-state index contributed by atoms with van der Waals surface area (Å²) in [5.74, 6) is -0.451. The van der Waals surface area contributed by atoms with Gasteiger partial charge in [0.2, 0.25) is 11.8 Å². The molecule has 214 valence electrons. The van der Waals surface area contributed by atoms with Crippen LogP contribution in [-0.2, 0) is 26.2 Å². The second-order valence-electron chi connectivity index (χ2n) is 10.7. The van der Waals surface area contributed by atoms with Crippen molar-refractivity contribution in [2.45, 2.75) is 65.4 Å². The third kappa shape index (κ3) is 7.72. The largest absolute Gasteiger partial charge is 0.354 e. The summed E-state index contributed by atoms with van der Waals surface area (Å²) < 4.78 is 29.1. The lowest BCUT2D eigenvalue weighted by atomic mass is 10.1. The number of aryl methyl sites for hydroxylation is 3. The second-order valence-corrected chi connectivity index (χ2v) is 12.6. The van der Waals surface area contributed by atoms with Gasteiger partial charge in [0.25, 0.3) is 10.0 Å². The van der Waals surface area contributed by atoms with Crippen LogP contribution in [0.25, 0.3) is 0 Å². The molecule has 7 nitrogen and oxygen atoms in total. The van der Waals surface area contributed by atoms with Crippen molar-refractivity contribution in [3.63, 3.8) is 0 Å². The number of nitrogens with one attached hydrogen (secondary N) is 1. The molecule has 0 aliphatic heterocycles. The maximum Gasteiger partial charge on any atom is 0.264 e. The average Bonchev–Trinajstić information content (AvgIpc) is 2.92. The first-order valence-corrected chi connectivity index (χ1v) is 15.2. The molecule has 8 heteroatoms. The molecule has 3 aromatic carbocycles. The highest BCUT2D eigenvalue weighted by Crippen LogP contribution is 2.28. The molecule has 1 unspecified atom stereocenters. The van der Waals surface area contributed by atoms with Gasteiger partial charge in [0, 0.05) is 13.1 Å². The van der Waals surface area contributed by atoms with Gasteiger partial charge in [-0.05, 0) is 68.0 Å². The lowest BCUT2D eigenvalue weighted by molar-refractivity contribution is -0.140. The molecule has 0 aromatic heterocycles. The summed E-state index contributed by atoms with van der Waals surface area (Å²) in [7, 11) is -4.09. The third-order valence-electron chi connectivity index (χ3n) is 6.75. The van der Waals surface area contributed by atoms with E-state index in [4.69, 9.17) is 0 Å². The monoisotopic (exact) mass is 563 g/mol. The number of amides is 2. The van der Waals surface area contributed by atoms with Crippen molar-refractivity contribution in [3.05, 3.63) is 95.1 Å². The van der Waals surface area contributed by atoms with E-state index in [2.05, 4.69) is 5.32 Å². The molecule has 0 fully saturated rings. The first kappa shape index (κ1) is 30.9. The maximum absolute atomic E-state index is 14.2. The molecule has 0 radical (unpaired) electrons. The van der Waals surface area contributed by atoms with Gasteiger partial charge in [-0.15, -0.1) is 0 Å². The van der Waals surface area contributed by atoms with Crippen LogP contribution >= 0.6 is 0 Å². The van der Waals surface area contributed by atoms with Crippen LogP contribution in [0.2, 0.25) is 0 Å². The second kappa shape index (κ2) is 13.6. The van der Waals surface area contributed by atoms with E-state index in [0.717, 1.165) is 22.3 Å². The van der Waals surface area contributed by atoms with Crippen LogP contribution in [0.1, 0.15) is 49.4 Å². The Labute approximate surface area is 239 Å². The zero-order valence-corrected chi connectivity index (χ0v) is 25.2. The summed E-state index contributed by atoms with van der Waals surface area (Å²) >= 11 is 0. The van der Waals surface area contributed by atoms with Crippen molar-refractivity contribution >= 4 is 27.5 Å². The predicted octanol–water partition coefficient (Wildman–Crippen LogP) is 5.39. The van der Waals surface area contributed by atoms with E-state index in [0.29, 0.717) is 18.7 Å². The Morgan fingerprint density at radius 2 is 1.55 bits per heavy atom. The van der Waals surface area contributed by atoms with Crippen molar-refractivity contribution < 1.29 is 18.0 Å². The zero-order chi connectivity index (χ0) is 29.4. The summed E-state index contributed by atoms with van der Waals surface area (Å²) in [6, 6.07) is 20.7. The Hall–Kier alpha value is -3.65. The molecule has 0 aliphatic carbocycles. The molecule has 3 rings (SSSR count). The first-order valence-electron chi connectivity index (χ1n) is 13.7. The van der Waals surface area contributed by atoms with Crippen molar-refractivity contribution in [3.8, 4) is 0 Å². The molecule has 3 aromatic rings. The highest BCUT2D eigenvalue weighted by molar-refractivity contribution is 7.92.